The van der Waals surface area contributed by atoms with Crippen molar-refractivity contribution in [3.8, 4) is 0 Å². The molecule has 0 spiro atoms. The monoisotopic (exact) mass is 575 g/mol. The van der Waals surface area contributed by atoms with Gasteiger partial charge >= 0.3 is 6.03 Å². The fourth-order valence-corrected chi connectivity index (χ4v) is 6.56. The molecule has 0 bridgehead atoms. The molecule has 0 radical (unpaired) electrons. The Hall–Kier alpha value is -2.36. The lowest BCUT2D eigenvalue weighted by molar-refractivity contribution is -0.617. The average molecular weight is 577 g/mol. The summed E-state index contributed by atoms with van der Waals surface area (Å²) in [5.74, 6) is 0.456. The van der Waals surface area contributed by atoms with E-state index in [0.717, 1.165) is 51.7 Å². The lowest BCUT2D eigenvalue weighted by atomic mass is 9.93. The van der Waals surface area contributed by atoms with E-state index in [4.69, 9.17) is 17.3 Å². The van der Waals surface area contributed by atoms with Gasteiger partial charge in [0.25, 0.3) is 0 Å². The number of nitrogens with zero attached hydrogens (tertiary/aromatic N) is 4. The molecule has 2 aromatic rings. The number of likely N-dealkylation sites (tertiary alicyclic amines) is 1. The van der Waals surface area contributed by atoms with Crippen molar-refractivity contribution < 1.29 is 14.3 Å². The second-order valence-corrected chi connectivity index (χ2v) is 11.4. The first-order valence-electron chi connectivity index (χ1n) is 12.6. The first-order chi connectivity index (χ1) is 17.3. The largest absolute Gasteiger partial charge is 0.618 e. The van der Waals surface area contributed by atoms with Gasteiger partial charge in [-0.2, -0.15) is 4.73 Å². The number of fused-ring (bicyclic) bond motifs is 2. The highest BCUT2D eigenvalue weighted by Gasteiger charge is 2.37. The number of piperazine rings is 1. The molecule has 1 atom stereocenters. The summed E-state index contributed by atoms with van der Waals surface area (Å²) in [6, 6.07) is 7.45. The minimum absolute atomic E-state index is 0.170. The number of carbonyl (C=O) groups excluding carboxylic acids is 2. The number of piperidine rings is 1. The Kier molecular flexibility index (Phi) is 7.42. The summed E-state index contributed by atoms with van der Waals surface area (Å²) in [6.45, 7) is 3.88. The molecular weight excluding hydrogens is 546 g/mol. The molecule has 2 N–H and O–H groups in total. The Morgan fingerprint density at radius 2 is 1.72 bits per heavy atom. The van der Waals surface area contributed by atoms with Crippen LogP contribution in [0.25, 0.3) is 0 Å². The van der Waals surface area contributed by atoms with Crippen LogP contribution >= 0.6 is 27.5 Å². The zero-order valence-corrected chi connectivity index (χ0v) is 22.5. The Bertz CT molecular complexity index is 1160. The molecule has 3 aliphatic rings. The van der Waals surface area contributed by atoms with Gasteiger partial charge in [0.15, 0.2) is 6.20 Å². The third-order valence-corrected chi connectivity index (χ3v) is 8.53. The average Bonchev–Trinajstić information content (AvgIpc) is 3.01. The van der Waals surface area contributed by atoms with Gasteiger partial charge in [-0.25, -0.2) is 4.79 Å². The topological polar surface area (TPSA) is 96.8 Å². The zero-order valence-electron chi connectivity index (χ0n) is 20.2. The van der Waals surface area contributed by atoms with E-state index in [1.54, 1.807) is 11.1 Å². The van der Waals surface area contributed by atoms with Crippen molar-refractivity contribution in [2.45, 2.75) is 38.1 Å². The molecule has 2 aliphatic heterocycles. The third-order valence-electron chi connectivity index (χ3n) is 7.86. The predicted molar refractivity (Wildman–Crippen MR) is 140 cm³/mol. The summed E-state index contributed by atoms with van der Waals surface area (Å²) in [6.07, 6.45) is 5.30. The van der Waals surface area contributed by atoms with Crippen molar-refractivity contribution in [2.24, 2.45) is 11.7 Å². The number of aromatic nitrogens is 1. The summed E-state index contributed by atoms with van der Waals surface area (Å²) in [5.41, 5.74) is 9.46. The SMILES string of the molecule is NC(=O)N1CCC(CC(=O)N2CCN(C3c4ccc(Cl)cc4CCc4cc(Br)c[n+]([O-])c43)CC2)CC1. The summed E-state index contributed by atoms with van der Waals surface area (Å²) in [4.78, 5) is 30.4. The fourth-order valence-electron chi connectivity index (χ4n) is 5.90. The van der Waals surface area contributed by atoms with Crippen LogP contribution in [0.4, 0.5) is 4.79 Å². The van der Waals surface area contributed by atoms with E-state index in [0.29, 0.717) is 50.7 Å². The molecule has 3 heterocycles. The van der Waals surface area contributed by atoms with Crippen molar-refractivity contribution in [2.75, 3.05) is 39.3 Å². The van der Waals surface area contributed by atoms with E-state index in [-0.39, 0.29) is 23.9 Å². The maximum Gasteiger partial charge on any atom is 0.314 e. The number of pyridine rings is 1. The van der Waals surface area contributed by atoms with Crippen LogP contribution in [0.5, 0.6) is 0 Å². The molecule has 2 saturated heterocycles. The van der Waals surface area contributed by atoms with Gasteiger partial charge in [0, 0.05) is 56.3 Å². The Labute approximate surface area is 224 Å². The molecule has 36 heavy (non-hydrogen) atoms. The zero-order chi connectivity index (χ0) is 25.4. The van der Waals surface area contributed by atoms with Crippen LogP contribution in [0.15, 0.2) is 34.9 Å². The molecule has 1 aromatic heterocycles. The summed E-state index contributed by atoms with van der Waals surface area (Å²) < 4.78 is 1.78. The van der Waals surface area contributed by atoms with Crippen LogP contribution in [-0.4, -0.2) is 65.9 Å². The number of carbonyl (C=O) groups is 2. The van der Waals surface area contributed by atoms with Gasteiger partial charge < -0.3 is 20.7 Å². The highest BCUT2D eigenvalue weighted by molar-refractivity contribution is 9.10. The highest BCUT2D eigenvalue weighted by atomic mass is 79.9. The van der Waals surface area contributed by atoms with Crippen LogP contribution in [0, 0.1) is 11.1 Å². The van der Waals surface area contributed by atoms with E-state index in [1.807, 2.05) is 23.1 Å². The van der Waals surface area contributed by atoms with E-state index < -0.39 is 0 Å². The molecular formula is C26H31BrClN5O3. The molecule has 5 rings (SSSR count). The molecule has 8 nitrogen and oxygen atoms in total. The molecule has 1 aromatic carbocycles. The number of hydrogen-bond donors (Lipinski definition) is 1. The number of urea groups is 1. The molecule has 10 heteroatoms. The van der Waals surface area contributed by atoms with Crippen LogP contribution < -0.4 is 10.5 Å². The van der Waals surface area contributed by atoms with Crippen molar-refractivity contribution >= 4 is 39.5 Å². The maximum absolute atomic E-state index is 13.2. The van der Waals surface area contributed by atoms with Crippen LogP contribution in [-0.2, 0) is 17.6 Å². The molecule has 192 valence electrons. The van der Waals surface area contributed by atoms with Gasteiger partial charge in [-0.3, -0.25) is 9.69 Å². The lowest BCUT2D eigenvalue weighted by Crippen LogP contribution is -2.52. The van der Waals surface area contributed by atoms with E-state index in [1.165, 1.54) is 5.56 Å². The Morgan fingerprint density at radius 1 is 1.03 bits per heavy atom. The number of benzene rings is 1. The van der Waals surface area contributed by atoms with Crippen molar-refractivity contribution in [3.05, 3.63) is 67.5 Å². The van der Waals surface area contributed by atoms with E-state index in [9.17, 15) is 14.8 Å². The predicted octanol–water partition coefficient (Wildman–Crippen LogP) is 3.25. The molecule has 1 unspecified atom stereocenters. The van der Waals surface area contributed by atoms with Crippen molar-refractivity contribution in [1.29, 1.82) is 0 Å². The summed E-state index contributed by atoms with van der Waals surface area (Å²) in [7, 11) is 0. The molecule has 0 saturated carbocycles. The quantitative estimate of drug-likeness (QED) is 0.448. The summed E-state index contributed by atoms with van der Waals surface area (Å²) >= 11 is 9.81. The number of nitrogens with two attached hydrogens (primary N) is 1. The third kappa shape index (κ3) is 5.19. The first kappa shape index (κ1) is 25.3. The van der Waals surface area contributed by atoms with Gasteiger partial charge in [0.1, 0.15) is 6.04 Å². The van der Waals surface area contributed by atoms with Crippen molar-refractivity contribution in [1.82, 2.24) is 14.7 Å². The van der Waals surface area contributed by atoms with E-state index in [2.05, 4.69) is 26.9 Å². The maximum atomic E-state index is 13.2. The molecule has 1 aliphatic carbocycles. The van der Waals surface area contributed by atoms with Crippen LogP contribution in [0.1, 0.15) is 47.7 Å². The van der Waals surface area contributed by atoms with Crippen molar-refractivity contribution in [3.63, 3.8) is 0 Å². The van der Waals surface area contributed by atoms with Gasteiger partial charge in [-0.1, -0.05) is 17.7 Å². The van der Waals surface area contributed by atoms with Crippen LogP contribution in [0.3, 0.4) is 0 Å². The first-order valence-corrected chi connectivity index (χ1v) is 13.7. The molecule has 2 fully saturated rings. The number of aryl methyl sites for hydroxylation is 2. The standard InChI is InChI=1S/C26H31BrClN5O3/c27-20-14-19-2-1-18-15-21(28)3-4-22(18)25(24(19)33(36)16-20)31-11-9-30(10-12-31)23(34)13-17-5-7-32(8-6-17)26(29)35/h3-4,14-17,25H,1-2,5-13H2,(H2,29,35). The smallest absolute Gasteiger partial charge is 0.314 e. The highest BCUT2D eigenvalue weighted by Crippen LogP contribution is 2.37. The normalized spacial score (nSPS) is 21.0. The van der Waals surface area contributed by atoms with Gasteiger partial charge in [-0.15, -0.1) is 0 Å². The minimum atomic E-state index is -0.383. The number of hydrogen-bond acceptors (Lipinski definition) is 4. The number of amides is 3. The lowest BCUT2D eigenvalue weighted by Gasteiger charge is -2.39. The van der Waals surface area contributed by atoms with Gasteiger partial charge in [-0.05, 0) is 76.9 Å². The fraction of sp³-hybridized carbons (Fsp3) is 0.500. The van der Waals surface area contributed by atoms with Gasteiger partial charge in [0.05, 0.1) is 4.47 Å². The minimum Gasteiger partial charge on any atom is -0.618 e. The second-order valence-electron chi connectivity index (χ2n) is 10.0. The Morgan fingerprint density at radius 3 is 2.42 bits per heavy atom. The number of halogens is 2. The second kappa shape index (κ2) is 10.6. The molecule has 3 amide bonds. The Balaban J connectivity index is 1.31. The van der Waals surface area contributed by atoms with Crippen LogP contribution in [0.2, 0.25) is 5.02 Å². The number of rotatable bonds is 3. The summed E-state index contributed by atoms with van der Waals surface area (Å²) in [5, 5.41) is 13.9. The van der Waals surface area contributed by atoms with E-state index >= 15 is 0 Å². The van der Waals surface area contributed by atoms with Gasteiger partial charge in [0.2, 0.25) is 11.6 Å². The number of primary amides is 1.